The van der Waals surface area contributed by atoms with E-state index >= 15 is 0 Å². The molecule has 0 saturated carbocycles. The van der Waals surface area contributed by atoms with Crippen molar-refractivity contribution in [2.45, 2.75) is 26.7 Å². The first kappa shape index (κ1) is 15.7. The van der Waals surface area contributed by atoms with E-state index in [0.29, 0.717) is 12.4 Å². The summed E-state index contributed by atoms with van der Waals surface area (Å²) in [6.07, 6.45) is 1.60. The summed E-state index contributed by atoms with van der Waals surface area (Å²) >= 11 is 5.78. The Balaban J connectivity index is 2.69. The molecule has 1 heterocycles. The van der Waals surface area contributed by atoms with Crippen LogP contribution in [0.4, 0.5) is 5.82 Å². The van der Waals surface area contributed by atoms with E-state index in [1.807, 2.05) is 0 Å². The van der Waals surface area contributed by atoms with E-state index in [-0.39, 0.29) is 22.7 Å². The molecule has 0 amide bonds. The number of aliphatic hydroxyl groups is 1. The van der Waals surface area contributed by atoms with E-state index in [2.05, 4.69) is 24.1 Å². The Hall–Kier alpha value is -1.33. The molecule has 0 bridgehead atoms. The van der Waals surface area contributed by atoms with Crippen LogP contribution in [0.5, 0.6) is 0 Å². The lowest BCUT2D eigenvalue weighted by molar-refractivity contribution is 0.0697. The summed E-state index contributed by atoms with van der Waals surface area (Å²) in [7, 11) is 0. The van der Waals surface area contributed by atoms with Crippen LogP contribution in [-0.2, 0) is 0 Å². The summed E-state index contributed by atoms with van der Waals surface area (Å²) in [5.74, 6) is -0.589. The van der Waals surface area contributed by atoms with E-state index in [0.717, 1.165) is 12.8 Å². The zero-order valence-electron chi connectivity index (χ0n) is 11.1. The Kier molecular flexibility index (Phi) is 5.57. The number of anilines is 1. The Morgan fingerprint density at radius 1 is 1.47 bits per heavy atom. The minimum absolute atomic E-state index is 0.0177. The summed E-state index contributed by atoms with van der Waals surface area (Å²) in [6, 6.07) is 2.77. The standard InChI is InChI=1S/C13H19ClN2O3/c1-13(2,4-3-5-17)8-15-11-7-9(12(18)19)6-10(14)16-11/h6-7,17H,3-5,8H2,1-2H3,(H,15,16)(H,18,19). The fourth-order valence-corrected chi connectivity index (χ4v) is 1.90. The number of rotatable bonds is 7. The second-order valence-electron chi connectivity index (χ2n) is 5.21. The number of hydrogen-bond acceptors (Lipinski definition) is 4. The molecule has 0 saturated heterocycles. The SMILES string of the molecule is CC(C)(CCCO)CNc1cc(C(=O)O)cc(Cl)n1. The molecule has 0 aliphatic rings. The third-order valence-corrected chi connectivity index (χ3v) is 2.99. The number of carbonyl (C=O) groups is 1. The fourth-order valence-electron chi connectivity index (χ4n) is 1.69. The molecule has 5 nitrogen and oxygen atoms in total. The summed E-state index contributed by atoms with van der Waals surface area (Å²) < 4.78 is 0. The average Bonchev–Trinajstić information content (AvgIpc) is 2.33. The number of pyridine rings is 1. The van der Waals surface area contributed by atoms with Crippen molar-refractivity contribution in [2.75, 3.05) is 18.5 Å². The molecule has 1 aromatic rings. The van der Waals surface area contributed by atoms with Crippen LogP contribution >= 0.6 is 11.6 Å². The molecule has 3 N–H and O–H groups in total. The number of halogens is 1. The van der Waals surface area contributed by atoms with Gasteiger partial charge in [0.2, 0.25) is 0 Å². The molecule has 0 aliphatic heterocycles. The average molecular weight is 287 g/mol. The number of nitrogens with one attached hydrogen (secondary N) is 1. The van der Waals surface area contributed by atoms with Crippen LogP contribution in [0.2, 0.25) is 5.15 Å². The van der Waals surface area contributed by atoms with Crippen molar-refractivity contribution in [1.29, 1.82) is 0 Å². The van der Waals surface area contributed by atoms with Gasteiger partial charge in [-0.15, -0.1) is 0 Å². The zero-order chi connectivity index (χ0) is 14.5. The van der Waals surface area contributed by atoms with E-state index < -0.39 is 5.97 Å². The first-order valence-electron chi connectivity index (χ1n) is 6.10. The molecule has 0 unspecified atom stereocenters. The van der Waals surface area contributed by atoms with Crippen LogP contribution in [-0.4, -0.2) is 34.3 Å². The lowest BCUT2D eigenvalue weighted by Crippen LogP contribution is -2.24. The van der Waals surface area contributed by atoms with Crippen LogP contribution in [0.15, 0.2) is 12.1 Å². The number of nitrogens with zero attached hydrogens (tertiary/aromatic N) is 1. The Bertz CT molecular complexity index is 450. The molecule has 6 heteroatoms. The summed E-state index contributed by atoms with van der Waals surface area (Å²) in [5, 5.41) is 21.0. The maximum absolute atomic E-state index is 10.9. The largest absolute Gasteiger partial charge is 0.478 e. The van der Waals surface area contributed by atoms with Crippen molar-refractivity contribution >= 4 is 23.4 Å². The van der Waals surface area contributed by atoms with Gasteiger partial charge in [-0.2, -0.15) is 0 Å². The van der Waals surface area contributed by atoms with Gasteiger partial charge < -0.3 is 15.5 Å². The number of aromatic carboxylic acids is 1. The number of aromatic nitrogens is 1. The van der Waals surface area contributed by atoms with Gasteiger partial charge in [0.15, 0.2) is 0 Å². The Morgan fingerprint density at radius 2 is 2.16 bits per heavy atom. The van der Waals surface area contributed by atoms with Crippen LogP contribution in [0.3, 0.4) is 0 Å². The van der Waals surface area contributed by atoms with Crippen molar-refractivity contribution in [1.82, 2.24) is 4.98 Å². The second kappa shape index (κ2) is 6.73. The Labute approximate surface area is 117 Å². The topological polar surface area (TPSA) is 82.5 Å². The summed E-state index contributed by atoms with van der Waals surface area (Å²) in [5.41, 5.74) is 0.0894. The van der Waals surface area contributed by atoms with Gasteiger partial charge in [0.05, 0.1) is 5.56 Å². The lowest BCUT2D eigenvalue weighted by atomic mass is 9.88. The molecule has 0 aromatic carbocycles. The van der Waals surface area contributed by atoms with Crippen LogP contribution in [0, 0.1) is 5.41 Å². The normalized spacial score (nSPS) is 11.4. The highest BCUT2D eigenvalue weighted by atomic mass is 35.5. The van der Waals surface area contributed by atoms with Crippen molar-refractivity contribution in [3.8, 4) is 0 Å². The van der Waals surface area contributed by atoms with Gasteiger partial charge in [-0.05, 0) is 30.4 Å². The molecule has 0 spiro atoms. The Morgan fingerprint density at radius 3 is 2.74 bits per heavy atom. The number of aliphatic hydroxyl groups excluding tert-OH is 1. The smallest absolute Gasteiger partial charge is 0.335 e. The van der Waals surface area contributed by atoms with Crippen molar-refractivity contribution in [2.24, 2.45) is 5.41 Å². The van der Waals surface area contributed by atoms with Crippen LogP contribution in [0.1, 0.15) is 37.0 Å². The molecule has 0 fully saturated rings. The number of carboxylic acids is 1. The maximum Gasteiger partial charge on any atom is 0.335 e. The minimum Gasteiger partial charge on any atom is -0.478 e. The molecular formula is C13H19ClN2O3. The van der Waals surface area contributed by atoms with E-state index in [1.165, 1.54) is 12.1 Å². The molecular weight excluding hydrogens is 268 g/mol. The lowest BCUT2D eigenvalue weighted by Gasteiger charge is -2.25. The van der Waals surface area contributed by atoms with Gasteiger partial charge in [-0.1, -0.05) is 25.4 Å². The molecule has 0 radical (unpaired) electrons. The molecule has 1 rings (SSSR count). The molecule has 1 aromatic heterocycles. The molecule has 0 atom stereocenters. The van der Waals surface area contributed by atoms with E-state index in [1.54, 1.807) is 0 Å². The predicted molar refractivity (Wildman–Crippen MR) is 74.8 cm³/mol. The highest BCUT2D eigenvalue weighted by Crippen LogP contribution is 2.23. The van der Waals surface area contributed by atoms with Gasteiger partial charge in [-0.25, -0.2) is 9.78 Å². The zero-order valence-corrected chi connectivity index (χ0v) is 11.9. The third kappa shape index (κ3) is 5.44. The molecule has 0 aliphatic carbocycles. The fraction of sp³-hybridized carbons (Fsp3) is 0.538. The number of carboxylic acid groups (broad SMARTS) is 1. The number of hydrogen-bond donors (Lipinski definition) is 3. The quantitative estimate of drug-likeness (QED) is 0.671. The first-order valence-corrected chi connectivity index (χ1v) is 6.47. The third-order valence-electron chi connectivity index (χ3n) is 2.80. The minimum atomic E-state index is -1.04. The van der Waals surface area contributed by atoms with Crippen LogP contribution < -0.4 is 5.32 Å². The van der Waals surface area contributed by atoms with Gasteiger partial charge in [0.25, 0.3) is 0 Å². The van der Waals surface area contributed by atoms with Crippen molar-refractivity contribution < 1.29 is 15.0 Å². The second-order valence-corrected chi connectivity index (χ2v) is 5.60. The van der Waals surface area contributed by atoms with Gasteiger partial charge >= 0.3 is 5.97 Å². The highest BCUT2D eigenvalue weighted by molar-refractivity contribution is 6.29. The van der Waals surface area contributed by atoms with Crippen molar-refractivity contribution in [3.63, 3.8) is 0 Å². The van der Waals surface area contributed by atoms with E-state index in [4.69, 9.17) is 21.8 Å². The van der Waals surface area contributed by atoms with E-state index in [9.17, 15) is 4.79 Å². The molecule has 106 valence electrons. The summed E-state index contributed by atoms with van der Waals surface area (Å²) in [6.45, 7) is 4.93. The highest BCUT2D eigenvalue weighted by Gasteiger charge is 2.17. The summed E-state index contributed by atoms with van der Waals surface area (Å²) in [4.78, 5) is 14.9. The van der Waals surface area contributed by atoms with Gasteiger partial charge in [0, 0.05) is 13.2 Å². The van der Waals surface area contributed by atoms with Crippen LogP contribution in [0.25, 0.3) is 0 Å². The van der Waals surface area contributed by atoms with Gasteiger partial charge in [0.1, 0.15) is 11.0 Å². The predicted octanol–water partition coefficient (Wildman–Crippen LogP) is 2.64. The maximum atomic E-state index is 10.9. The molecule has 19 heavy (non-hydrogen) atoms. The monoisotopic (exact) mass is 286 g/mol. The van der Waals surface area contributed by atoms with Crippen molar-refractivity contribution in [3.05, 3.63) is 22.8 Å². The van der Waals surface area contributed by atoms with Gasteiger partial charge in [-0.3, -0.25) is 0 Å². The first-order chi connectivity index (χ1) is 8.84.